The van der Waals surface area contributed by atoms with Crippen LogP contribution in [0.3, 0.4) is 0 Å². The average Bonchev–Trinajstić information content (AvgIpc) is 2.96. The Bertz CT molecular complexity index is 733. The Morgan fingerprint density at radius 3 is 2.82 bits per heavy atom. The predicted octanol–water partition coefficient (Wildman–Crippen LogP) is 1.23. The van der Waals surface area contributed by atoms with Crippen molar-refractivity contribution in [2.75, 3.05) is 20.0 Å². The Kier molecular flexibility index (Phi) is 3.54. The molecule has 0 saturated carbocycles. The van der Waals surface area contributed by atoms with Gasteiger partial charge in [0.15, 0.2) is 11.5 Å². The monoisotopic (exact) mass is 300 g/mol. The zero-order chi connectivity index (χ0) is 15.7. The van der Waals surface area contributed by atoms with Crippen molar-refractivity contribution in [1.29, 1.82) is 0 Å². The van der Waals surface area contributed by atoms with Crippen LogP contribution in [0.4, 0.5) is 5.95 Å². The van der Waals surface area contributed by atoms with Crippen LogP contribution in [0.2, 0.25) is 0 Å². The van der Waals surface area contributed by atoms with E-state index in [1.165, 1.54) is 14.2 Å². The summed E-state index contributed by atoms with van der Waals surface area (Å²) in [5, 5.41) is 0. The van der Waals surface area contributed by atoms with Gasteiger partial charge in [0.25, 0.3) is 5.91 Å². The van der Waals surface area contributed by atoms with E-state index in [2.05, 4.69) is 9.97 Å². The maximum atomic E-state index is 12.8. The van der Waals surface area contributed by atoms with E-state index in [4.69, 9.17) is 15.2 Å². The first kappa shape index (κ1) is 14.1. The number of aromatic nitrogens is 2. The van der Waals surface area contributed by atoms with Crippen molar-refractivity contribution in [1.82, 2.24) is 14.9 Å². The second-order valence-corrected chi connectivity index (χ2v) is 4.90. The molecule has 0 fully saturated rings. The highest BCUT2D eigenvalue weighted by atomic mass is 16.5. The first-order valence-corrected chi connectivity index (χ1v) is 6.74. The number of carbonyl (C=O) groups is 1. The van der Waals surface area contributed by atoms with Crippen LogP contribution in [0.15, 0.2) is 24.4 Å². The van der Waals surface area contributed by atoms with E-state index in [-0.39, 0.29) is 11.9 Å². The van der Waals surface area contributed by atoms with Gasteiger partial charge in [0.05, 0.1) is 32.0 Å². The molecule has 0 aliphatic carbocycles. The summed E-state index contributed by atoms with van der Waals surface area (Å²) in [5.74, 6) is 1.02. The van der Waals surface area contributed by atoms with Crippen molar-refractivity contribution in [3.05, 3.63) is 41.2 Å². The Morgan fingerprint density at radius 2 is 2.09 bits per heavy atom. The number of methoxy groups -OCH3 is 2. The molecule has 1 aromatic heterocycles. The SMILES string of the molecule is COc1cccc(C(=O)N2Cc3cnc(N)nc3C2)c1OC. The van der Waals surface area contributed by atoms with Gasteiger partial charge in [-0.15, -0.1) is 0 Å². The minimum atomic E-state index is -0.146. The summed E-state index contributed by atoms with van der Waals surface area (Å²) in [6.45, 7) is 0.857. The molecular formula is C15H16N4O3. The van der Waals surface area contributed by atoms with Crippen LogP contribution in [0.5, 0.6) is 11.5 Å². The standard InChI is InChI=1S/C15H16N4O3/c1-21-12-5-3-4-10(13(12)22-2)14(20)19-7-9-6-17-15(16)18-11(9)8-19/h3-6H,7-8H2,1-2H3,(H2,16,17,18). The fourth-order valence-corrected chi connectivity index (χ4v) is 2.54. The number of hydrogen-bond acceptors (Lipinski definition) is 6. The molecule has 0 saturated heterocycles. The summed E-state index contributed by atoms with van der Waals surface area (Å²) in [6.07, 6.45) is 1.66. The number of rotatable bonds is 3. The van der Waals surface area contributed by atoms with Gasteiger partial charge in [-0.1, -0.05) is 6.07 Å². The summed E-state index contributed by atoms with van der Waals surface area (Å²) < 4.78 is 10.6. The molecule has 0 spiro atoms. The topological polar surface area (TPSA) is 90.6 Å². The number of para-hydroxylation sites is 1. The number of anilines is 1. The van der Waals surface area contributed by atoms with Crippen LogP contribution in [0.1, 0.15) is 21.6 Å². The first-order valence-electron chi connectivity index (χ1n) is 6.74. The minimum Gasteiger partial charge on any atom is -0.493 e. The molecule has 1 aliphatic heterocycles. The smallest absolute Gasteiger partial charge is 0.258 e. The van der Waals surface area contributed by atoms with Crippen LogP contribution in [0.25, 0.3) is 0 Å². The summed E-state index contributed by atoms with van der Waals surface area (Å²) in [6, 6.07) is 5.23. The number of nitrogens with zero attached hydrogens (tertiary/aromatic N) is 3. The first-order chi connectivity index (χ1) is 10.6. The third-order valence-electron chi connectivity index (χ3n) is 3.60. The van der Waals surface area contributed by atoms with Crippen LogP contribution >= 0.6 is 0 Å². The lowest BCUT2D eigenvalue weighted by atomic mass is 10.1. The molecule has 1 aliphatic rings. The second kappa shape index (κ2) is 5.51. The Hall–Kier alpha value is -2.83. The van der Waals surface area contributed by atoms with E-state index < -0.39 is 0 Å². The molecule has 1 aromatic carbocycles. The molecule has 0 bridgehead atoms. The third kappa shape index (κ3) is 2.30. The molecule has 1 amide bonds. The van der Waals surface area contributed by atoms with Gasteiger partial charge < -0.3 is 20.1 Å². The summed E-state index contributed by atoms with van der Waals surface area (Å²) >= 11 is 0. The molecule has 2 N–H and O–H groups in total. The second-order valence-electron chi connectivity index (χ2n) is 4.90. The lowest BCUT2D eigenvalue weighted by Crippen LogP contribution is -2.26. The quantitative estimate of drug-likeness (QED) is 0.917. The maximum absolute atomic E-state index is 12.8. The molecule has 7 heteroatoms. The Morgan fingerprint density at radius 1 is 1.27 bits per heavy atom. The lowest BCUT2D eigenvalue weighted by Gasteiger charge is -2.18. The highest BCUT2D eigenvalue weighted by molar-refractivity contribution is 5.98. The fraction of sp³-hybridized carbons (Fsp3) is 0.267. The van der Waals surface area contributed by atoms with Crippen molar-refractivity contribution < 1.29 is 14.3 Å². The van der Waals surface area contributed by atoms with Gasteiger partial charge in [-0.05, 0) is 12.1 Å². The van der Waals surface area contributed by atoms with Crippen LogP contribution in [-0.4, -0.2) is 35.0 Å². The molecule has 2 aromatic rings. The highest BCUT2D eigenvalue weighted by Crippen LogP contribution is 2.33. The van der Waals surface area contributed by atoms with Crippen molar-refractivity contribution >= 4 is 11.9 Å². The van der Waals surface area contributed by atoms with Crippen LogP contribution in [-0.2, 0) is 13.1 Å². The van der Waals surface area contributed by atoms with Crippen molar-refractivity contribution in [3.63, 3.8) is 0 Å². The number of fused-ring (bicyclic) bond motifs is 1. The van der Waals surface area contributed by atoms with Gasteiger partial charge in [0.1, 0.15) is 0 Å². The van der Waals surface area contributed by atoms with E-state index in [0.717, 1.165) is 11.3 Å². The number of amides is 1. The van der Waals surface area contributed by atoms with E-state index in [1.54, 1.807) is 29.3 Å². The number of hydrogen-bond donors (Lipinski definition) is 1. The minimum absolute atomic E-state index is 0.146. The van der Waals surface area contributed by atoms with Gasteiger partial charge in [-0.25, -0.2) is 9.97 Å². The van der Waals surface area contributed by atoms with Gasteiger partial charge in [0.2, 0.25) is 5.95 Å². The summed E-state index contributed by atoms with van der Waals surface area (Å²) in [5.41, 5.74) is 7.73. The fourth-order valence-electron chi connectivity index (χ4n) is 2.54. The van der Waals surface area contributed by atoms with Crippen LogP contribution < -0.4 is 15.2 Å². The molecule has 0 unspecified atom stereocenters. The third-order valence-corrected chi connectivity index (χ3v) is 3.60. The predicted molar refractivity (Wildman–Crippen MR) is 79.6 cm³/mol. The molecule has 7 nitrogen and oxygen atoms in total. The molecule has 2 heterocycles. The molecule has 22 heavy (non-hydrogen) atoms. The molecule has 0 radical (unpaired) electrons. The number of nitrogens with two attached hydrogens (primary N) is 1. The Labute approximate surface area is 127 Å². The van der Waals surface area contributed by atoms with Crippen molar-refractivity contribution in [2.45, 2.75) is 13.1 Å². The van der Waals surface area contributed by atoms with Crippen LogP contribution in [0, 0.1) is 0 Å². The zero-order valence-electron chi connectivity index (χ0n) is 12.4. The average molecular weight is 300 g/mol. The van der Waals surface area contributed by atoms with Gasteiger partial charge in [-0.2, -0.15) is 0 Å². The van der Waals surface area contributed by atoms with E-state index in [9.17, 15) is 4.79 Å². The Balaban J connectivity index is 1.90. The lowest BCUT2D eigenvalue weighted by molar-refractivity contribution is 0.0746. The van der Waals surface area contributed by atoms with Gasteiger partial charge >= 0.3 is 0 Å². The molecular weight excluding hydrogens is 284 g/mol. The van der Waals surface area contributed by atoms with E-state index in [0.29, 0.717) is 30.2 Å². The number of carbonyl (C=O) groups excluding carboxylic acids is 1. The molecule has 3 rings (SSSR count). The van der Waals surface area contributed by atoms with Gasteiger partial charge in [0, 0.05) is 18.3 Å². The largest absolute Gasteiger partial charge is 0.493 e. The number of ether oxygens (including phenoxy) is 2. The van der Waals surface area contributed by atoms with Gasteiger partial charge in [-0.3, -0.25) is 4.79 Å². The summed E-state index contributed by atoms with van der Waals surface area (Å²) in [4.78, 5) is 22.6. The molecule has 114 valence electrons. The number of nitrogen functional groups attached to an aromatic ring is 1. The zero-order valence-corrected chi connectivity index (χ0v) is 12.4. The highest BCUT2D eigenvalue weighted by Gasteiger charge is 2.28. The summed E-state index contributed by atoms with van der Waals surface area (Å²) in [7, 11) is 3.05. The van der Waals surface area contributed by atoms with E-state index >= 15 is 0 Å². The van der Waals surface area contributed by atoms with E-state index in [1.807, 2.05) is 0 Å². The van der Waals surface area contributed by atoms with Crippen molar-refractivity contribution in [3.8, 4) is 11.5 Å². The normalized spacial score (nSPS) is 12.9. The molecule has 0 atom stereocenters. The van der Waals surface area contributed by atoms with Crippen molar-refractivity contribution in [2.24, 2.45) is 0 Å². The number of benzene rings is 1. The maximum Gasteiger partial charge on any atom is 0.258 e.